The van der Waals surface area contributed by atoms with Crippen LogP contribution in [-0.4, -0.2) is 38.4 Å². The van der Waals surface area contributed by atoms with Crippen LogP contribution in [0.3, 0.4) is 0 Å². The first-order valence-electron chi connectivity index (χ1n) is 7.87. The Morgan fingerprint density at radius 1 is 1.21 bits per heavy atom. The molecule has 1 aliphatic heterocycles. The molecule has 4 N–H and O–H groups in total. The van der Waals surface area contributed by atoms with E-state index in [9.17, 15) is 13.2 Å². The zero-order chi connectivity index (χ0) is 16.9. The van der Waals surface area contributed by atoms with Crippen molar-refractivity contribution in [3.63, 3.8) is 0 Å². The third-order valence-corrected chi connectivity index (χ3v) is 6.29. The number of sulfonamides is 1. The second kappa shape index (κ2) is 6.63. The Kier molecular flexibility index (Phi) is 5.30. The molecule has 1 amide bonds. The molecule has 6 nitrogen and oxygen atoms in total. The van der Waals surface area contributed by atoms with Gasteiger partial charge in [0.15, 0.2) is 0 Å². The smallest absolute Gasteiger partial charge is 0.254 e. The van der Waals surface area contributed by atoms with Gasteiger partial charge in [0.25, 0.3) is 5.91 Å². The van der Waals surface area contributed by atoms with Crippen LogP contribution in [0.4, 0.5) is 0 Å². The molecule has 8 heteroatoms. The van der Waals surface area contributed by atoms with E-state index >= 15 is 0 Å². The van der Waals surface area contributed by atoms with E-state index in [2.05, 4.69) is 0 Å². The minimum absolute atomic E-state index is 0. The molecule has 1 heterocycles. The number of nitrogens with zero attached hydrogens (tertiary/aromatic N) is 1. The van der Waals surface area contributed by atoms with Crippen molar-refractivity contribution >= 4 is 28.3 Å². The molecular weight excluding hydrogens is 350 g/mol. The lowest BCUT2D eigenvalue weighted by molar-refractivity contribution is 0.0778. The second-order valence-electron chi connectivity index (χ2n) is 6.83. The van der Waals surface area contributed by atoms with Gasteiger partial charge in [-0.1, -0.05) is 0 Å². The van der Waals surface area contributed by atoms with Gasteiger partial charge in [0.05, 0.1) is 4.90 Å². The fourth-order valence-electron chi connectivity index (χ4n) is 3.86. The number of amides is 1. The summed E-state index contributed by atoms with van der Waals surface area (Å²) in [5.74, 6) is 0.705. The molecule has 1 saturated heterocycles. The molecule has 3 rings (SSSR count). The van der Waals surface area contributed by atoms with E-state index in [-0.39, 0.29) is 29.3 Å². The molecular formula is C16H24ClN3O3S. The summed E-state index contributed by atoms with van der Waals surface area (Å²) >= 11 is 0. The Bertz CT molecular complexity index is 766. The van der Waals surface area contributed by atoms with Gasteiger partial charge in [0.2, 0.25) is 10.0 Å². The minimum Gasteiger partial charge on any atom is -0.338 e. The molecule has 24 heavy (non-hydrogen) atoms. The average Bonchev–Trinajstić information content (AvgIpc) is 3.02. The van der Waals surface area contributed by atoms with Gasteiger partial charge in [-0.25, -0.2) is 13.6 Å². The van der Waals surface area contributed by atoms with Crippen molar-refractivity contribution in [2.45, 2.75) is 37.6 Å². The van der Waals surface area contributed by atoms with Crippen molar-refractivity contribution in [3.8, 4) is 0 Å². The highest BCUT2D eigenvalue weighted by atomic mass is 35.5. The number of primary sulfonamides is 1. The molecule has 0 radical (unpaired) electrons. The first kappa shape index (κ1) is 19.2. The van der Waals surface area contributed by atoms with Gasteiger partial charge in [-0.15, -0.1) is 12.4 Å². The van der Waals surface area contributed by atoms with Gasteiger partial charge < -0.3 is 10.6 Å². The van der Waals surface area contributed by atoms with E-state index in [1.807, 2.05) is 11.8 Å². The number of hydrogen-bond donors (Lipinski definition) is 2. The summed E-state index contributed by atoms with van der Waals surface area (Å²) in [5, 5.41) is 5.22. The molecule has 2 aliphatic rings. The normalized spacial score (nSPS) is 26.2. The quantitative estimate of drug-likeness (QED) is 0.811. The SMILES string of the molecule is Cc1cc(S(N)(=O)=O)cc(C(=O)N2CC3CCC(N)C3C2)c1C.Cl. The van der Waals surface area contributed by atoms with Gasteiger partial charge >= 0.3 is 0 Å². The van der Waals surface area contributed by atoms with Crippen molar-refractivity contribution in [1.29, 1.82) is 0 Å². The topological polar surface area (TPSA) is 106 Å². The molecule has 1 saturated carbocycles. The Morgan fingerprint density at radius 3 is 2.46 bits per heavy atom. The lowest BCUT2D eigenvalue weighted by atomic mass is 9.98. The third-order valence-electron chi connectivity index (χ3n) is 5.40. The zero-order valence-corrected chi connectivity index (χ0v) is 15.5. The minimum atomic E-state index is -3.84. The van der Waals surface area contributed by atoms with Crippen molar-refractivity contribution in [3.05, 3.63) is 28.8 Å². The Hall–Kier alpha value is -1.15. The predicted molar refractivity (Wildman–Crippen MR) is 94.6 cm³/mol. The number of rotatable bonds is 2. The predicted octanol–water partition coefficient (Wildman–Crippen LogP) is 1.18. The third kappa shape index (κ3) is 3.31. The van der Waals surface area contributed by atoms with Crippen molar-refractivity contribution in [2.24, 2.45) is 22.7 Å². The van der Waals surface area contributed by atoms with E-state index in [4.69, 9.17) is 10.9 Å². The van der Waals surface area contributed by atoms with Crippen molar-refractivity contribution in [1.82, 2.24) is 4.90 Å². The fraction of sp³-hybridized carbons (Fsp3) is 0.562. The molecule has 1 aromatic rings. The van der Waals surface area contributed by atoms with E-state index in [0.717, 1.165) is 24.0 Å². The number of carbonyl (C=O) groups excluding carboxylic acids is 1. The second-order valence-corrected chi connectivity index (χ2v) is 8.39. The van der Waals surface area contributed by atoms with Gasteiger partial charge in [-0.05, 0) is 61.8 Å². The summed E-state index contributed by atoms with van der Waals surface area (Å²) in [5.41, 5.74) is 8.08. The van der Waals surface area contributed by atoms with Crippen LogP contribution < -0.4 is 10.9 Å². The molecule has 1 aromatic carbocycles. The molecule has 0 spiro atoms. The highest BCUT2D eigenvalue weighted by molar-refractivity contribution is 7.89. The largest absolute Gasteiger partial charge is 0.338 e. The van der Waals surface area contributed by atoms with E-state index in [0.29, 0.717) is 30.5 Å². The highest BCUT2D eigenvalue weighted by Crippen LogP contribution is 2.38. The number of nitrogens with two attached hydrogens (primary N) is 2. The number of aryl methyl sites for hydroxylation is 1. The van der Waals surface area contributed by atoms with Gasteiger partial charge in [-0.2, -0.15) is 0 Å². The lowest BCUT2D eigenvalue weighted by Gasteiger charge is -2.21. The summed E-state index contributed by atoms with van der Waals surface area (Å²) in [6, 6.07) is 3.07. The summed E-state index contributed by atoms with van der Waals surface area (Å²) in [7, 11) is -3.84. The van der Waals surface area contributed by atoms with Crippen LogP contribution in [0, 0.1) is 25.7 Å². The van der Waals surface area contributed by atoms with Crippen LogP contribution >= 0.6 is 12.4 Å². The van der Waals surface area contributed by atoms with Gasteiger partial charge in [0, 0.05) is 24.7 Å². The number of likely N-dealkylation sites (tertiary alicyclic amines) is 1. The Labute approximate surface area is 149 Å². The number of fused-ring (bicyclic) bond motifs is 1. The van der Waals surface area contributed by atoms with Gasteiger partial charge in [0.1, 0.15) is 0 Å². The average molecular weight is 374 g/mol. The van der Waals surface area contributed by atoms with Crippen LogP contribution in [0.5, 0.6) is 0 Å². The monoisotopic (exact) mass is 373 g/mol. The van der Waals surface area contributed by atoms with Gasteiger partial charge in [-0.3, -0.25) is 4.79 Å². The number of benzene rings is 1. The van der Waals surface area contributed by atoms with Crippen LogP contribution in [0.1, 0.15) is 34.3 Å². The Morgan fingerprint density at radius 2 is 1.88 bits per heavy atom. The van der Waals surface area contributed by atoms with Crippen molar-refractivity contribution in [2.75, 3.05) is 13.1 Å². The zero-order valence-electron chi connectivity index (χ0n) is 13.9. The first-order chi connectivity index (χ1) is 10.7. The molecule has 1 aliphatic carbocycles. The summed E-state index contributed by atoms with van der Waals surface area (Å²) in [4.78, 5) is 14.7. The molecule has 0 bridgehead atoms. The maximum Gasteiger partial charge on any atom is 0.254 e. The maximum atomic E-state index is 12.9. The van der Waals surface area contributed by atoms with Crippen molar-refractivity contribution < 1.29 is 13.2 Å². The van der Waals surface area contributed by atoms with E-state index in [1.54, 1.807) is 6.92 Å². The molecule has 2 fully saturated rings. The summed E-state index contributed by atoms with van der Waals surface area (Å²) in [6.45, 7) is 4.98. The van der Waals surface area contributed by atoms with E-state index in [1.165, 1.54) is 12.1 Å². The fourth-order valence-corrected chi connectivity index (χ4v) is 4.48. The highest BCUT2D eigenvalue weighted by Gasteiger charge is 2.42. The standard InChI is InChI=1S/C16H23N3O3S.ClH/c1-9-5-12(23(18,21)22)6-13(10(9)2)16(20)19-7-11-3-4-15(17)14(11)8-19;/h5-6,11,14-15H,3-4,7-8,17H2,1-2H3,(H2,18,21,22);1H. The van der Waals surface area contributed by atoms with E-state index < -0.39 is 10.0 Å². The molecule has 3 unspecified atom stereocenters. The van der Waals surface area contributed by atoms with Crippen LogP contribution in [0.2, 0.25) is 0 Å². The van der Waals surface area contributed by atoms with Crippen LogP contribution in [-0.2, 0) is 10.0 Å². The number of halogens is 1. The number of hydrogen-bond acceptors (Lipinski definition) is 4. The Balaban J connectivity index is 0.00000208. The molecule has 3 atom stereocenters. The first-order valence-corrected chi connectivity index (χ1v) is 9.42. The van der Waals surface area contributed by atoms with Crippen LogP contribution in [0.15, 0.2) is 17.0 Å². The maximum absolute atomic E-state index is 12.9. The lowest BCUT2D eigenvalue weighted by Crippen LogP contribution is -2.34. The molecule has 0 aromatic heterocycles. The number of carbonyl (C=O) groups is 1. The molecule has 134 valence electrons. The summed E-state index contributed by atoms with van der Waals surface area (Å²) in [6.07, 6.45) is 2.08. The van der Waals surface area contributed by atoms with Crippen LogP contribution in [0.25, 0.3) is 0 Å². The summed E-state index contributed by atoms with van der Waals surface area (Å²) < 4.78 is 23.3.